The van der Waals surface area contributed by atoms with Gasteiger partial charge in [-0.2, -0.15) is 5.26 Å². The Bertz CT molecular complexity index is 441. The Morgan fingerprint density at radius 2 is 2.18 bits per heavy atom. The molecule has 1 aliphatic heterocycles. The van der Waals surface area contributed by atoms with Crippen molar-refractivity contribution >= 4 is 11.3 Å². The molecule has 1 saturated heterocycles. The number of nitrogens with zero attached hydrogens (tertiary/aromatic N) is 2. The van der Waals surface area contributed by atoms with Gasteiger partial charge in [-0.3, -0.25) is 0 Å². The van der Waals surface area contributed by atoms with E-state index in [2.05, 4.69) is 11.1 Å². The summed E-state index contributed by atoms with van der Waals surface area (Å²) in [5.74, 6) is 0. The summed E-state index contributed by atoms with van der Waals surface area (Å²) in [7, 11) is 0. The predicted octanol–water partition coefficient (Wildman–Crippen LogP) is 1.91. The topological polar surface area (TPSA) is 71.9 Å². The van der Waals surface area contributed by atoms with Crippen LogP contribution < -0.4 is 5.73 Å². The minimum atomic E-state index is -0.537. The third kappa shape index (κ3) is 2.34. The fourth-order valence-electron chi connectivity index (χ4n) is 1.83. The maximum Gasteiger partial charge on any atom is 0.113 e. The van der Waals surface area contributed by atoms with Crippen LogP contribution in [0.1, 0.15) is 37.4 Å². The predicted molar refractivity (Wildman–Crippen MR) is 66.7 cm³/mol. The number of hydrogen-bond acceptors (Lipinski definition) is 5. The van der Waals surface area contributed by atoms with Gasteiger partial charge in [0.15, 0.2) is 0 Å². The van der Waals surface area contributed by atoms with Gasteiger partial charge in [-0.25, -0.2) is 4.98 Å². The normalized spacial score (nSPS) is 19.9. The molecule has 0 saturated carbocycles. The van der Waals surface area contributed by atoms with Crippen LogP contribution in [-0.2, 0) is 15.7 Å². The second-order valence-electron chi connectivity index (χ2n) is 5.04. The first-order chi connectivity index (χ1) is 7.98. The van der Waals surface area contributed by atoms with Crippen molar-refractivity contribution in [2.24, 2.45) is 5.73 Å². The van der Waals surface area contributed by atoms with Crippen LogP contribution in [0.15, 0.2) is 5.38 Å². The molecule has 2 N–H and O–H groups in total. The van der Waals surface area contributed by atoms with Crippen LogP contribution in [0.2, 0.25) is 0 Å². The smallest absolute Gasteiger partial charge is 0.113 e. The van der Waals surface area contributed by atoms with E-state index in [0.717, 1.165) is 23.5 Å². The highest BCUT2D eigenvalue weighted by atomic mass is 32.1. The van der Waals surface area contributed by atoms with E-state index in [0.29, 0.717) is 13.2 Å². The summed E-state index contributed by atoms with van der Waals surface area (Å²) in [5, 5.41) is 11.9. The Balaban J connectivity index is 2.27. The van der Waals surface area contributed by atoms with Gasteiger partial charge in [0.1, 0.15) is 10.4 Å². The molecule has 1 aromatic heterocycles. The van der Waals surface area contributed by atoms with Crippen molar-refractivity contribution in [3.05, 3.63) is 16.1 Å². The van der Waals surface area contributed by atoms with Crippen molar-refractivity contribution in [1.82, 2.24) is 4.98 Å². The summed E-state index contributed by atoms with van der Waals surface area (Å²) < 4.78 is 5.32. The standard InChI is InChI=1S/C12H17N3OS/c1-11(2,8-13)10-15-9(7-17-10)12(14)3-5-16-6-4-12/h7H,3-6,14H2,1-2H3. The van der Waals surface area contributed by atoms with Crippen LogP contribution in [0.5, 0.6) is 0 Å². The van der Waals surface area contributed by atoms with E-state index in [1.54, 1.807) is 0 Å². The molecule has 0 aliphatic carbocycles. The van der Waals surface area contributed by atoms with E-state index in [1.165, 1.54) is 11.3 Å². The van der Waals surface area contributed by atoms with Gasteiger partial charge in [-0.1, -0.05) is 0 Å². The third-order valence-corrected chi connectivity index (χ3v) is 4.38. The van der Waals surface area contributed by atoms with Gasteiger partial charge < -0.3 is 10.5 Å². The Labute approximate surface area is 105 Å². The first-order valence-corrected chi connectivity index (χ1v) is 6.60. The molecule has 0 atom stereocenters. The SMILES string of the molecule is CC(C)(C#N)c1nc(C2(N)CCOCC2)cs1. The second kappa shape index (κ2) is 4.37. The lowest BCUT2D eigenvalue weighted by atomic mass is 9.88. The molecule has 0 aromatic carbocycles. The Morgan fingerprint density at radius 1 is 1.53 bits per heavy atom. The molecule has 1 aliphatic rings. The summed E-state index contributed by atoms with van der Waals surface area (Å²) in [6.45, 7) is 5.13. The fourth-order valence-corrected chi connectivity index (χ4v) is 2.83. The van der Waals surface area contributed by atoms with Crippen molar-refractivity contribution in [3.8, 4) is 6.07 Å². The number of ether oxygens (including phenoxy) is 1. The van der Waals surface area contributed by atoms with Crippen LogP contribution in [0.25, 0.3) is 0 Å². The minimum absolute atomic E-state index is 0.376. The quantitative estimate of drug-likeness (QED) is 0.871. The number of nitriles is 1. The first-order valence-electron chi connectivity index (χ1n) is 5.72. The summed E-state index contributed by atoms with van der Waals surface area (Å²) in [5.41, 5.74) is 6.35. The van der Waals surface area contributed by atoms with Crippen LogP contribution in [0.4, 0.5) is 0 Å². The fraction of sp³-hybridized carbons (Fsp3) is 0.667. The highest BCUT2D eigenvalue weighted by Gasteiger charge is 2.34. The van der Waals surface area contributed by atoms with Crippen molar-refractivity contribution in [2.75, 3.05) is 13.2 Å². The molecule has 1 fully saturated rings. The molecule has 0 unspecified atom stereocenters. The molecular weight excluding hydrogens is 234 g/mol. The summed E-state index contributed by atoms with van der Waals surface area (Å²) in [6, 6.07) is 2.27. The van der Waals surface area contributed by atoms with Crippen LogP contribution >= 0.6 is 11.3 Å². The van der Waals surface area contributed by atoms with E-state index in [9.17, 15) is 0 Å². The molecule has 1 aromatic rings. The molecule has 2 rings (SSSR count). The minimum Gasteiger partial charge on any atom is -0.381 e. The zero-order valence-corrected chi connectivity index (χ0v) is 11.0. The lowest BCUT2D eigenvalue weighted by Crippen LogP contribution is -2.42. The maximum absolute atomic E-state index is 9.10. The van der Waals surface area contributed by atoms with Crippen molar-refractivity contribution < 1.29 is 4.74 Å². The van der Waals surface area contributed by atoms with E-state index in [1.807, 2.05) is 19.2 Å². The molecule has 0 spiro atoms. The molecular formula is C12H17N3OS. The average Bonchev–Trinajstić information content (AvgIpc) is 2.80. The molecule has 4 nitrogen and oxygen atoms in total. The molecule has 0 amide bonds. The largest absolute Gasteiger partial charge is 0.381 e. The first kappa shape index (κ1) is 12.5. The number of thiazole rings is 1. The van der Waals surface area contributed by atoms with Gasteiger partial charge in [0.05, 0.1) is 17.3 Å². The highest BCUT2D eigenvalue weighted by molar-refractivity contribution is 7.09. The van der Waals surface area contributed by atoms with Gasteiger partial charge >= 0.3 is 0 Å². The van der Waals surface area contributed by atoms with Crippen LogP contribution in [0, 0.1) is 11.3 Å². The second-order valence-corrected chi connectivity index (χ2v) is 5.90. The van der Waals surface area contributed by atoms with Crippen molar-refractivity contribution in [2.45, 2.75) is 37.6 Å². The molecule has 0 bridgehead atoms. The third-order valence-electron chi connectivity index (χ3n) is 3.21. The molecule has 5 heteroatoms. The number of nitrogens with two attached hydrogens (primary N) is 1. The number of aromatic nitrogens is 1. The van der Waals surface area contributed by atoms with Crippen LogP contribution in [0.3, 0.4) is 0 Å². The number of hydrogen-bond donors (Lipinski definition) is 1. The Morgan fingerprint density at radius 3 is 2.76 bits per heavy atom. The highest BCUT2D eigenvalue weighted by Crippen LogP contribution is 2.33. The Hall–Kier alpha value is -0.960. The van der Waals surface area contributed by atoms with E-state index < -0.39 is 5.41 Å². The molecule has 2 heterocycles. The maximum atomic E-state index is 9.10. The van der Waals surface area contributed by atoms with Crippen LogP contribution in [-0.4, -0.2) is 18.2 Å². The molecule has 17 heavy (non-hydrogen) atoms. The molecule has 0 radical (unpaired) electrons. The van der Waals surface area contributed by atoms with Gasteiger partial charge in [-0.05, 0) is 26.7 Å². The Kier molecular flexibility index (Phi) is 3.21. The van der Waals surface area contributed by atoms with Gasteiger partial charge in [0, 0.05) is 18.6 Å². The van der Waals surface area contributed by atoms with E-state index >= 15 is 0 Å². The van der Waals surface area contributed by atoms with Gasteiger partial charge in [-0.15, -0.1) is 11.3 Å². The number of rotatable bonds is 2. The summed E-state index contributed by atoms with van der Waals surface area (Å²) in [6.07, 6.45) is 1.59. The monoisotopic (exact) mass is 251 g/mol. The van der Waals surface area contributed by atoms with E-state index in [-0.39, 0.29) is 5.54 Å². The molecule has 92 valence electrons. The zero-order valence-electron chi connectivity index (χ0n) is 10.2. The summed E-state index contributed by atoms with van der Waals surface area (Å²) >= 11 is 1.52. The van der Waals surface area contributed by atoms with Gasteiger partial charge in [0.2, 0.25) is 0 Å². The zero-order chi connectivity index (χ0) is 12.5. The lowest BCUT2D eigenvalue weighted by Gasteiger charge is -2.31. The lowest BCUT2D eigenvalue weighted by molar-refractivity contribution is 0.0509. The summed E-state index contributed by atoms with van der Waals surface area (Å²) in [4.78, 5) is 4.56. The van der Waals surface area contributed by atoms with Crippen molar-refractivity contribution in [1.29, 1.82) is 5.26 Å². The van der Waals surface area contributed by atoms with Gasteiger partial charge in [0.25, 0.3) is 0 Å². The average molecular weight is 251 g/mol. The van der Waals surface area contributed by atoms with Crippen molar-refractivity contribution in [3.63, 3.8) is 0 Å². The van der Waals surface area contributed by atoms with E-state index in [4.69, 9.17) is 15.7 Å².